The van der Waals surface area contributed by atoms with Crippen LogP contribution in [0.25, 0.3) is 0 Å². The molecule has 3 rings (SSSR count). The summed E-state index contributed by atoms with van der Waals surface area (Å²) in [5, 5.41) is 8.36. The number of rotatable bonds is 4. The van der Waals surface area contributed by atoms with Crippen LogP contribution in [0.15, 0.2) is 21.8 Å². The number of hydrogen-bond donors (Lipinski definition) is 0. The van der Waals surface area contributed by atoms with Gasteiger partial charge in [-0.2, -0.15) is 14.5 Å². The lowest BCUT2D eigenvalue weighted by molar-refractivity contribution is -0.135. The summed E-state index contributed by atoms with van der Waals surface area (Å²) in [7, 11) is -1.91. The minimum Gasteiger partial charge on any atom is -0.338 e. The van der Waals surface area contributed by atoms with Crippen molar-refractivity contribution in [1.82, 2.24) is 28.8 Å². The third-order valence-electron chi connectivity index (χ3n) is 4.83. The van der Waals surface area contributed by atoms with Crippen molar-refractivity contribution in [2.24, 2.45) is 7.05 Å². The number of halogens is 1. The third kappa shape index (κ3) is 3.67. The molecule has 0 radical (unpaired) electrons. The van der Waals surface area contributed by atoms with Gasteiger partial charge in [0, 0.05) is 39.4 Å². The van der Waals surface area contributed by atoms with E-state index in [0.717, 1.165) is 15.9 Å². The van der Waals surface area contributed by atoms with Crippen LogP contribution in [0, 0.1) is 13.8 Å². The van der Waals surface area contributed by atoms with Gasteiger partial charge in [0.2, 0.25) is 15.9 Å². The molecular weight excluding hydrogens is 436 g/mol. The Morgan fingerprint density at radius 2 is 1.85 bits per heavy atom. The standard InChI is InChI=1S/C16H23BrN6O3S/c1-11-15(17)12(2)23(19-11)13(3)16(24)21-5-7-22(8-6-21)27(25,26)14-9-18-20(4)10-14/h9-10,13H,5-8H2,1-4H3. The Kier molecular flexibility index (Phi) is 5.46. The Labute approximate surface area is 167 Å². The van der Waals surface area contributed by atoms with E-state index < -0.39 is 16.1 Å². The van der Waals surface area contributed by atoms with Gasteiger partial charge in [-0.05, 0) is 36.7 Å². The second-order valence-electron chi connectivity index (χ2n) is 6.68. The van der Waals surface area contributed by atoms with Crippen molar-refractivity contribution in [3.05, 3.63) is 28.3 Å². The lowest BCUT2D eigenvalue weighted by Gasteiger charge is -2.35. The molecule has 11 heteroatoms. The Morgan fingerprint density at radius 3 is 2.33 bits per heavy atom. The summed E-state index contributed by atoms with van der Waals surface area (Å²) < 4.78 is 30.8. The molecule has 3 heterocycles. The summed E-state index contributed by atoms with van der Waals surface area (Å²) in [6.45, 7) is 6.82. The van der Waals surface area contributed by atoms with Crippen LogP contribution >= 0.6 is 15.9 Å². The van der Waals surface area contributed by atoms with Gasteiger partial charge in [0.25, 0.3) is 0 Å². The Bertz CT molecular complexity index is 959. The molecule has 1 unspecified atom stereocenters. The first kappa shape index (κ1) is 20.0. The fraction of sp³-hybridized carbons (Fsp3) is 0.562. The molecule has 2 aromatic heterocycles. The van der Waals surface area contributed by atoms with Gasteiger partial charge in [-0.15, -0.1) is 0 Å². The number of nitrogens with zero attached hydrogens (tertiary/aromatic N) is 6. The van der Waals surface area contributed by atoms with E-state index in [-0.39, 0.29) is 23.9 Å². The highest BCUT2D eigenvalue weighted by Gasteiger charge is 2.33. The maximum atomic E-state index is 12.9. The molecule has 1 saturated heterocycles. The summed E-state index contributed by atoms with van der Waals surface area (Å²) in [5.41, 5.74) is 1.73. The van der Waals surface area contributed by atoms with Gasteiger partial charge < -0.3 is 4.90 Å². The fourth-order valence-corrected chi connectivity index (χ4v) is 4.89. The van der Waals surface area contributed by atoms with Crippen LogP contribution in [0.4, 0.5) is 0 Å². The van der Waals surface area contributed by atoms with Gasteiger partial charge in [-0.25, -0.2) is 8.42 Å². The minimum atomic E-state index is -3.58. The average molecular weight is 459 g/mol. The maximum absolute atomic E-state index is 12.9. The molecule has 1 aliphatic rings. The zero-order chi connectivity index (χ0) is 19.9. The first-order valence-electron chi connectivity index (χ1n) is 8.61. The molecule has 9 nitrogen and oxygen atoms in total. The largest absolute Gasteiger partial charge is 0.338 e. The Hall–Kier alpha value is -1.72. The number of aromatic nitrogens is 4. The lowest BCUT2D eigenvalue weighted by Crippen LogP contribution is -2.51. The number of hydrogen-bond acceptors (Lipinski definition) is 5. The van der Waals surface area contributed by atoms with Gasteiger partial charge in [0.15, 0.2) is 0 Å². The van der Waals surface area contributed by atoms with Gasteiger partial charge in [0.05, 0.1) is 22.1 Å². The molecule has 1 fully saturated rings. The van der Waals surface area contributed by atoms with Crippen molar-refractivity contribution in [3.63, 3.8) is 0 Å². The molecule has 0 bridgehead atoms. The fourth-order valence-electron chi connectivity index (χ4n) is 3.22. The maximum Gasteiger partial charge on any atom is 0.247 e. The van der Waals surface area contributed by atoms with E-state index >= 15 is 0 Å². The molecule has 148 valence electrons. The summed E-state index contributed by atoms with van der Waals surface area (Å²) >= 11 is 3.48. The van der Waals surface area contributed by atoms with Crippen molar-refractivity contribution >= 4 is 31.9 Å². The van der Waals surface area contributed by atoms with E-state index in [2.05, 4.69) is 26.1 Å². The number of amides is 1. The molecule has 2 aromatic rings. The highest BCUT2D eigenvalue weighted by atomic mass is 79.9. The van der Waals surface area contributed by atoms with E-state index in [1.54, 1.807) is 16.6 Å². The first-order valence-corrected chi connectivity index (χ1v) is 10.8. The average Bonchev–Trinajstić information content (AvgIpc) is 3.20. The van der Waals surface area contributed by atoms with E-state index in [1.165, 1.54) is 21.4 Å². The Morgan fingerprint density at radius 1 is 1.22 bits per heavy atom. The number of piperazine rings is 1. The van der Waals surface area contributed by atoms with Gasteiger partial charge in [-0.1, -0.05) is 0 Å². The molecular formula is C16H23BrN6O3S. The summed E-state index contributed by atoms with van der Waals surface area (Å²) in [5.74, 6) is -0.0634. The van der Waals surface area contributed by atoms with E-state index in [9.17, 15) is 13.2 Å². The first-order chi connectivity index (χ1) is 12.6. The van der Waals surface area contributed by atoms with Gasteiger partial charge in [-0.3, -0.25) is 14.2 Å². The van der Waals surface area contributed by atoms with Gasteiger partial charge >= 0.3 is 0 Å². The van der Waals surface area contributed by atoms with E-state index in [4.69, 9.17) is 0 Å². The molecule has 27 heavy (non-hydrogen) atoms. The number of carbonyl (C=O) groups is 1. The number of sulfonamides is 1. The smallest absolute Gasteiger partial charge is 0.247 e. The van der Waals surface area contributed by atoms with E-state index in [0.29, 0.717) is 13.1 Å². The van der Waals surface area contributed by atoms with E-state index in [1.807, 2.05) is 20.8 Å². The monoisotopic (exact) mass is 458 g/mol. The predicted octanol–water partition coefficient (Wildman–Crippen LogP) is 1.09. The van der Waals surface area contributed by atoms with Gasteiger partial charge in [0.1, 0.15) is 10.9 Å². The normalized spacial score (nSPS) is 17.3. The SMILES string of the molecule is Cc1nn(C(C)C(=O)N2CCN(S(=O)(=O)c3cnn(C)c3)CC2)c(C)c1Br. The predicted molar refractivity (Wildman–Crippen MR) is 103 cm³/mol. The topological polar surface area (TPSA) is 93.3 Å². The van der Waals surface area contributed by atoms with Crippen LogP contribution in [-0.2, 0) is 21.9 Å². The highest BCUT2D eigenvalue weighted by Crippen LogP contribution is 2.24. The lowest BCUT2D eigenvalue weighted by atomic mass is 10.2. The van der Waals surface area contributed by atoms with Crippen LogP contribution in [0.2, 0.25) is 0 Å². The minimum absolute atomic E-state index is 0.0634. The van der Waals surface area contributed by atoms with Crippen LogP contribution in [0.5, 0.6) is 0 Å². The molecule has 0 N–H and O–H groups in total. The zero-order valence-electron chi connectivity index (χ0n) is 15.8. The molecule has 0 aromatic carbocycles. The van der Waals surface area contributed by atoms with Crippen LogP contribution in [0.1, 0.15) is 24.4 Å². The highest BCUT2D eigenvalue weighted by molar-refractivity contribution is 9.10. The van der Waals surface area contributed by atoms with Crippen molar-refractivity contribution in [1.29, 1.82) is 0 Å². The van der Waals surface area contributed by atoms with Crippen LogP contribution < -0.4 is 0 Å². The quantitative estimate of drug-likeness (QED) is 0.683. The molecule has 0 saturated carbocycles. The number of aryl methyl sites for hydroxylation is 2. The van der Waals surface area contributed by atoms with Crippen molar-refractivity contribution in [3.8, 4) is 0 Å². The second-order valence-corrected chi connectivity index (χ2v) is 9.42. The van der Waals surface area contributed by atoms with Crippen LogP contribution in [0.3, 0.4) is 0 Å². The zero-order valence-corrected chi connectivity index (χ0v) is 18.2. The van der Waals surface area contributed by atoms with Crippen LogP contribution in [-0.4, -0.2) is 69.3 Å². The van der Waals surface area contributed by atoms with Crippen molar-refractivity contribution in [2.75, 3.05) is 26.2 Å². The summed E-state index contributed by atoms with van der Waals surface area (Å²) in [4.78, 5) is 14.7. The number of carbonyl (C=O) groups excluding carboxylic acids is 1. The van der Waals surface area contributed by atoms with Crippen molar-refractivity contribution < 1.29 is 13.2 Å². The summed E-state index contributed by atoms with van der Waals surface area (Å²) in [6.07, 6.45) is 2.82. The molecule has 1 aliphatic heterocycles. The summed E-state index contributed by atoms with van der Waals surface area (Å²) in [6, 6.07) is -0.448. The third-order valence-corrected chi connectivity index (χ3v) is 7.83. The molecule has 1 amide bonds. The molecule has 1 atom stereocenters. The molecule has 0 aliphatic carbocycles. The Balaban J connectivity index is 1.68. The van der Waals surface area contributed by atoms with Crippen molar-refractivity contribution in [2.45, 2.75) is 31.7 Å². The molecule has 0 spiro atoms. The second kappa shape index (κ2) is 7.36.